The molecule has 1 rings (SSSR count). The predicted octanol–water partition coefficient (Wildman–Crippen LogP) is 2.06. The summed E-state index contributed by atoms with van der Waals surface area (Å²) >= 11 is 0. The standard InChI is InChI=1S/C7H13F2N.ClH/c1-5-2-3-6(4-10-5)7(8)9;/h5-7,10H,2-4H2,1H3;1H/t5-,6+;/m0./s1. The van der Waals surface area contributed by atoms with E-state index in [1.807, 2.05) is 6.92 Å². The molecule has 1 aliphatic heterocycles. The average molecular weight is 186 g/mol. The topological polar surface area (TPSA) is 12.0 Å². The molecule has 0 spiro atoms. The van der Waals surface area contributed by atoms with Crippen LogP contribution in [0.4, 0.5) is 8.78 Å². The summed E-state index contributed by atoms with van der Waals surface area (Å²) in [6, 6.07) is 0.426. The third-order valence-corrected chi connectivity index (χ3v) is 2.06. The molecule has 11 heavy (non-hydrogen) atoms. The van der Waals surface area contributed by atoms with Gasteiger partial charge in [-0.2, -0.15) is 0 Å². The van der Waals surface area contributed by atoms with Gasteiger partial charge in [-0.3, -0.25) is 0 Å². The molecule has 0 radical (unpaired) electrons. The molecule has 1 nitrogen and oxygen atoms in total. The zero-order valence-corrected chi connectivity index (χ0v) is 7.33. The van der Waals surface area contributed by atoms with Crippen molar-refractivity contribution in [3.8, 4) is 0 Å². The van der Waals surface area contributed by atoms with E-state index in [1.54, 1.807) is 0 Å². The molecule has 0 amide bonds. The Labute approximate surface area is 72.0 Å². The second kappa shape index (κ2) is 4.88. The van der Waals surface area contributed by atoms with Crippen molar-refractivity contribution in [1.29, 1.82) is 0 Å². The van der Waals surface area contributed by atoms with Crippen LogP contribution >= 0.6 is 12.4 Å². The molecule has 1 saturated heterocycles. The van der Waals surface area contributed by atoms with Crippen molar-refractivity contribution >= 4 is 12.4 Å². The van der Waals surface area contributed by atoms with Gasteiger partial charge in [0.25, 0.3) is 0 Å². The first-order valence-corrected chi connectivity index (χ1v) is 3.71. The number of rotatable bonds is 1. The molecule has 1 aliphatic rings. The lowest BCUT2D eigenvalue weighted by Gasteiger charge is -2.26. The Morgan fingerprint density at radius 2 is 2.00 bits per heavy atom. The highest BCUT2D eigenvalue weighted by Gasteiger charge is 2.24. The quantitative estimate of drug-likeness (QED) is 0.660. The van der Waals surface area contributed by atoms with Crippen molar-refractivity contribution in [3.05, 3.63) is 0 Å². The van der Waals surface area contributed by atoms with Gasteiger partial charge in [0, 0.05) is 18.5 Å². The summed E-state index contributed by atoms with van der Waals surface area (Å²) in [6.45, 7) is 2.51. The Bertz CT molecular complexity index is 103. The summed E-state index contributed by atoms with van der Waals surface area (Å²) in [4.78, 5) is 0. The Hall–Kier alpha value is 0.110. The molecular weight excluding hydrogens is 172 g/mol. The van der Waals surface area contributed by atoms with Gasteiger partial charge in [-0.25, -0.2) is 8.78 Å². The zero-order chi connectivity index (χ0) is 7.56. The fourth-order valence-corrected chi connectivity index (χ4v) is 1.24. The van der Waals surface area contributed by atoms with E-state index in [0.29, 0.717) is 19.0 Å². The highest BCUT2D eigenvalue weighted by molar-refractivity contribution is 5.85. The second-order valence-corrected chi connectivity index (χ2v) is 2.98. The van der Waals surface area contributed by atoms with Crippen LogP contribution in [-0.4, -0.2) is 19.0 Å². The summed E-state index contributed by atoms with van der Waals surface area (Å²) in [5.41, 5.74) is 0. The first kappa shape index (κ1) is 11.1. The Morgan fingerprint density at radius 1 is 1.36 bits per heavy atom. The van der Waals surface area contributed by atoms with Crippen LogP contribution in [0.1, 0.15) is 19.8 Å². The minimum atomic E-state index is -2.14. The van der Waals surface area contributed by atoms with E-state index in [4.69, 9.17) is 0 Å². The van der Waals surface area contributed by atoms with Gasteiger partial charge in [0.2, 0.25) is 6.43 Å². The van der Waals surface area contributed by atoms with Gasteiger partial charge in [-0.15, -0.1) is 12.4 Å². The maximum atomic E-state index is 12.0. The van der Waals surface area contributed by atoms with Crippen LogP contribution in [0.25, 0.3) is 0 Å². The Kier molecular flexibility index (Phi) is 4.93. The van der Waals surface area contributed by atoms with Crippen molar-refractivity contribution in [2.75, 3.05) is 6.54 Å². The third-order valence-electron chi connectivity index (χ3n) is 2.06. The fourth-order valence-electron chi connectivity index (χ4n) is 1.24. The van der Waals surface area contributed by atoms with Gasteiger partial charge in [-0.1, -0.05) is 0 Å². The van der Waals surface area contributed by atoms with E-state index in [2.05, 4.69) is 5.32 Å². The monoisotopic (exact) mass is 185 g/mol. The predicted molar refractivity (Wildman–Crippen MR) is 43.4 cm³/mol. The lowest BCUT2D eigenvalue weighted by Crippen LogP contribution is -2.39. The van der Waals surface area contributed by atoms with Crippen molar-refractivity contribution in [2.24, 2.45) is 5.92 Å². The molecule has 0 saturated carbocycles. The van der Waals surface area contributed by atoms with Gasteiger partial charge < -0.3 is 5.32 Å². The maximum Gasteiger partial charge on any atom is 0.242 e. The van der Waals surface area contributed by atoms with E-state index in [-0.39, 0.29) is 12.4 Å². The first-order valence-electron chi connectivity index (χ1n) is 3.71. The number of nitrogens with one attached hydrogen (secondary N) is 1. The van der Waals surface area contributed by atoms with Gasteiger partial charge in [-0.05, 0) is 19.8 Å². The van der Waals surface area contributed by atoms with E-state index < -0.39 is 12.3 Å². The Morgan fingerprint density at radius 3 is 2.36 bits per heavy atom. The number of halogens is 3. The highest BCUT2D eigenvalue weighted by atomic mass is 35.5. The van der Waals surface area contributed by atoms with E-state index in [1.165, 1.54) is 0 Å². The number of piperidine rings is 1. The summed E-state index contributed by atoms with van der Waals surface area (Å²) in [7, 11) is 0. The summed E-state index contributed by atoms with van der Waals surface area (Å²) in [5.74, 6) is -0.406. The van der Waals surface area contributed by atoms with Gasteiger partial charge >= 0.3 is 0 Å². The number of hydrogen-bond acceptors (Lipinski definition) is 1. The third kappa shape index (κ3) is 3.34. The molecule has 0 aliphatic carbocycles. The molecule has 0 aromatic heterocycles. The van der Waals surface area contributed by atoms with Crippen LogP contribution < -0.4 is 5.32 Å². The molecule has 0 unspecified atom stereocenters. The second-order valence-electron chi connectivity index (χ2n) is 2.98. The van der Waals surface area contributed by atoms with E-state index in [9.17, 15) is 8.78 Å². The highest BCUT2D eigenvalue weighted by Crippen LogP contribution is 2.20. The molecule has 0 aromatic rings. The van der Waals surface area contributed by atoms with Gasteiger partial charge in [0.05, 0.1) is 0 Å². The van der Waals surface area contributed by atoms with Crippen LogP contribution in [0.2, 0.25) is 0 Å². The van der Waals surface area contributed by atoms with Crippen LogP contribution in [0, 0.1) is 5.92 Å². The molecule has 0 bridgehead atoms. The molecule has 4 heteroatoms. The van der Waals surface area contributed by atoms with Crippen LogP contribution in [-0.2, 0) is 0 Å². The molecule has 0 aromatic carbocycles. The average Bonchev–Trinajstić information content (AvgIpc) is 1.88. The number of hydrogen-bond donors (Lipinski definition) is 1. The summed E-state index contributed by atoms with van der Waals surface area (Å²) in [5, 5.41) is 3.03. The van der Waals surface area contributed by atoms with Crippen LogP contribution in [0.3, 0.4) is 0 Å². The van der Waals surface area contributed by atoms with Gasteiger partial charge in [0.1, 0.15) is 0 Å². The maximum absolute atomic E-state index is 12.0. The van der Waals surface area contributed by atoms with Crippen LogP contribution in [0.15, 0.2) is 0 Å². The smallest absolute Gasteiger partial charge is 0.242 e. The van der Waals surface area contributed by atoms with E-state index >= 15 is 0 Å². The van der Waals surface area contributed by atoms with Crippen molar-refractivity contribution in [3.63, 3.8) is 0 Å². The summed E-state index contributed by atoms with van der Waals surface area (Å²) < 4.78 is 24.0. The lowest BCUT2D eigenvalue weighted by molar-refractivity contribution is 0.0577. The molecular formula is C7H14ClF2N. The van der Waals surface area contributed by atoms with Crippen molar-refractivity contribution < 1.29 is 8.78 Å². The van der Waals surface area contributed by atoms with Crippen molar-refractivity contribution in [2.45, 2.75) is 32.2 Å². The minimum absolute atomic E-state index is 0. The van der Waals surface area contributed by atoms with E-state index in [0.717, 1.165) is 6.42 Å². The normalized spacial score (nSPS) is 31.6. The minimum Gasteiger partial charge on any atom is -0.314 e. The largest absolute Gasteiger partial charge is 0.314 e. The fraction of sp³-hybridized carbons (Fsp3) is 1.00. The molecule has 1 heterocycles. The number of alkyl halides is 2. The van der Waals surface area contributed by atoms with Gasteiger partial charge in [0.15, 0.2) is 0 Å². The van der Waals surface area contributed by atoms with Crippen molar-refractivity contribution in [1.82, 2.24) is 5.32 Å². The zero-order valence-electron chi connectivity index (χ0n) is 6.52. The lowest BCUT2D eigenvalue weighted by atomic mass is 9.96. The summed E-state index contributed by atoms with van der Waals surface area (Å²) in [6.07, 6.45) is -0.583. The van der Waals surface area contributed by atoms with Crippen LogP contribution in [0.5, 0.6) is 0 Å². The first-order chi connectivity index (χ1) is 4.70. The molecule has 68 valence electrons. The molecule has 1 N–H and O–H groups in total. The molecule has 1 fully saturated rings. The SMILES string of the molecule is C[C@H]1CC[C@@H](C(F)F)CN1.Cl. The molecule has 2 atom stereocenters. The Balaban J connectivity index is 0.000001000.